The first-order valence-electron chi connectivity index (χ1n) is 12.5. The fourth-order valence-electron chi connectivity index (χ4n) is 5.58. The van der Waals surface area contributed by atoms with Gasteiger partial charge in [0.15, 0.2) is 12.3 Å². The van der Waals surface area contributed by atoms with Crippen molar-refractivity contribution in [3.63, 3.8) is 0 Å². The summed E-state index contributed by atoms with van der Waals surface area (Å²) in [5, 5.41) is 27.1. The van der Waals surface area contributed by atoms with Crippen molar-refractivity contribution < 1.29 is 19.7 Å². The average molecular weight is 497 g/mol. The van der Waals surface area contributed by atoms with E-state index in [0.717, 1.165) is 38.8 Å². The number of hydrogen-bond donors (Lipinski definition) is 3. The van der Waals surface area contributed by atoms with Gasteiger partial charge in [-0.1, -0.05) is 0 Å². The van der Waals surface area contributed by atoms with Crippen molar-refractivity contribution in [1.82, 2.24) is 34.1 Å². The van der Waals surface area contributed by atoms with Gasteiger partial charge in [-0.15, -0.1) is 0 Å². The fraction of sp³-hybridized carbons (Fsp3) is 0.583. The molecule has 36 heavy (non-hydrogen) atoms. The topological polar surface area (TPSA) is 148 Å². The lowest BCUT2D eigenvalue weighted by Crippen LogP contribution is -2.53. The van der Waals surface area contributed by atoms with Gasteiger partial charge >= 0.3 is 0 Å². The molecule has 4 N–H and O–H groups in total. The zero-order valence-corrected chi connectivity index (χ0v) is 20.4. The maximum absolute atomic E-state index is 13.7. The van der Waals surface area contributed by atoms with Gasteiger partial charge in [-0.05, 0) is 51.9 Å². The van der Waals surface area contributed by atoms with Crippen molar-refractivity contribution in [1.29, 1.82) is 0 Å². The molecule has 0 unspecified atom stereocenters. The zero-order chi connectivity index (χ0) is 25.1. The van der Waals surface area contributed by atoms with Gasteiger partial charge in [0, 0.05) is 37.1 Å². The Morgan fingerprint density at radius 1 is 1.11 bits per heavy atom. The molecule has 0 bridgehead atoms. The van der Waals surface area contributed by atoms with E-state index in [9.17, 15) is 15.0 Å². The standard InChI is InChI=1S/C24H32N8O4/c1-29-8-5-14(6-9-29)32(13-3-4-13)23(35)20-18(33)19(34)24(36-20)31-11-15(16-7-10-30(2)28-16)17-21(25)26-12-27-22(17)31/h7,10-14,18-20,24,33-34H,3-6,8-9H2,1-2H3,(H2,25,26,27)/t18-,19+,20-,24+/m0/s1. The molecule has 12 heteroatoms. The second-order valence-corrected chi connectivity index (χ2v) is 10.2. The highest BCUT2D eigenvalue weighted by Crippen LogP contribution is 2.40. The van der Waals surface area contributed by atoms with Gasteiger partial charge in [0.1, 0.15) is 30.0 Å². The van der Waals surface area contributed by atoms with Crippen molar-refractivity contribution in [3.8, 4) is 11.3 Å². The van der Waals surface area contributed by atoms with E-state index in [4.69, 9.17) is 10.5 Å². The van der Waals surface area contributed by atoms with Crippen molar-refractivity contribution >= 4 is 22.8 Å². The molecule has 3 aromatic rings. The minimum atomic E-state index is -1.37. The summed E-state index contributed by atoms with van der Waals surface area (Å²) in [6.07, 6.45) is 3.68. The Balaban J connectivity index is 1.33. The number of nitrogen functional groups attached to an aromatic ring is 1. The fourth-order valence-corrected chi connectivity index (χ4v) is 5.58. The van der Waals surface area contributed by atoms with Crippen molar-refractivity contribution in [2.24, 2.45) is 7.05 Å². The molecule has 2 aliphatic heterocycles. The third kappa shape index (κ3) is 3.84. The van der Waals surface area contributed by atoms with Crippen molar-refractivity contribution in [2.75, 3.05) is 25.9 Å². The van der Waals surface area contributed by atoms with E-state index in [0.29, 0.717) is 22.3 Å². The van der Waals surface area contributed by atoms with E-state index >= 15 is 0 Å². The number of fused-ring (bicyclic) bond motifs is 1. The first kappa shape index (κ1) is 23.3. The molecule has 4 atom stereocenters. The maximum Gasteiger partial charge on any atom is 0.255 e. The second-order valence-electron chi connectivity index (χ2n) is 10.2. The van der Waals surface area contributed by atoms with E-state index < -0.39 is 24.5 Å². The molecule has 1 amide bonds. The number of anilines is 1. The SMILES string of the molecule is CN1CCC(N(C(=O)[C@H]2O[C@@H](n3cc(-c4ccn(C)n4)c4c(N)ncnc43)[C@H](O)[C@@H]2O)C2CC2)CC1. The molecule has 192 valence electrons. The van der Waals surface area contributed by atoms with Crippen molar-refractivity contribution in [3.05, 3.63) is 24.8 Å². The highest BCUT2D eigenvalue weighted by molar-refractivity contribution is 5.99. The number of aliphatic hydroxyl groups excluding tert-OH is 2. The van der Waals surface area contributed by atoms with Crippen LogP contribution in [0.5, 0.6) is 0 Å². The van der Waals surface area contributed by atoms with Gasteiger partial charge in [-0.3, -0.25) is 9.48 Å². The highest BCUT2D eigenvalue weighted by atomic mass is 16.6. The molecule has 3 aromatic heterocycles. The number of rotatable bonds is 5. The van der Waals surface area contributed by atoms with Crippen LogP contribution in [0.15, 0.2) is 24.8 Å². The van der Waals surface area contributed by atoms with Crippen LogP contribution in [-0.4, -0.2) is 101 Å². The lowest BCUT2D eigenvalue weighted by Gasteiger charge is -2.38. The van der Waals surface area contributed by atoms with Crippen LogP contribution in [0.3, 0.4) is 0 Å². The number of piperidine rings is 1. The molecule has 1 saturated carbocycles. The maximum atomic E-state index is 13.7. The molecule has 5 heterocycles. The number of nitrogens with two attached hydrogens (primary N) is 1. The molecule has 1 aliphatic carbocycles. The molecule has 2 saturated heterocycles. The van der Waals surface area contributed by atoms with Gasteiger partial charge < -0.3 is 35.1 Å². The van der Waals surface area contributed by atoms with E-state index in [1.54, 1.807) is 15.4 Å². The molecule has 6 rings (SSSR count). The first-order chi connectivity index (χ1) is 17.3. The number of ether oxygens (including phenoxy) is 1. The predicted molar refractivity (Wildman–Crippen MR) is 130 cm³/mol. The average Bonchev–Trinajstić information content (AvgIpc) is 3.36. The summed E-state index contributed by atoms with van der Waals surface area (Å²) in [6.45, 7) is 1.85. The van der Waals surface area contributed by atoms with E-state index in [-0.39, 0.29) is 23.8 Å². The van der Waals surface area contributed by atoms with Crippen LogP contribution in [0.4, 0.5) is 5.82 Å². The number of carbonyl (C=O) groups is 1. The molecular weight excluding hydrogens is 464 g/mol. The van der Waals surface area contributed by atoms with Gasteiger partial charge in [0.05, 0.1) is 11.1 Å². The lowest BCUT2D eigenvalue weighted by atomic mass is 10.0. The Labute approximate surface area is 208 Å². The summed E-state index contributed by atoms with van der Waals surface area (Å²) in [7, 11) is 3.90. The van der Waals surface area contributed by atoms with Crippen LogP contribution in [0.1, 0.15) is 31.9 Å². The Bertz CT molecular complexity index is 1280. The Morgan fingerprint density at radius 3 is 2.50 bits per heavy atom. The molecule has 0 spiro atoms. The van der Waals surface area contributed by atoms with Gasteiger partial charge in [-0.2, -0.15) is 5.10 Å². The molecule has 3 aliphatic rings. The van der Waals surface area contributed by atoms with E-state index in [1.807, 2.05) is 24.2 Å². The second kappa shape index (κ2) is 8.80. The van der Waals surface area contributed by atoms with Gasteiger partial charge in [-0.25, -0.2) is 9.97 Å². The summed E-state index contributed by atoms with van der Waals surface area (Å²) < 4.78 is 9.44. The molecule has 0 aromatic carbocycles. The number of hydrogen-bond acceptors (Lipinski definition) is 9. The molecule has 12 nitrogen and oxygen atoms in total. The number of carbonyl (C=O) groups excluding carboxylic acids is 1. The lowest BCUT2D eigenvalue weighted by molar-refractivity contribution is -0.152. The number of aromatic nitrogens is 5. The number of amides is 1. The van der Waals surface area contributed by atoms with Crippen molar-refractivity contribution in [2.45, 2.75) is 62.3 Å². The Kier molecular flexibility index (Phi) is 5.71. The number of aliphatic hydroxyl groups is 2. The molecular formula is C24H32N8O4. The van der Waals surface area contributed by atoms with Crippen LogP contribution >= 0.6 is 0 Å². The number of nitrogens with zero attached hydrogens (tertiary/aromatic N) is 7. The van der Waals surface area contributed by atoms with Gasteiger partial charge in [0.25, 0.3) is 5.91 Å². The van der Waals surface area contributed by atoms with E-state index in [2.05, 4.69) is 27.0 Å². The minimum absolute atomic E-state index is 0.115. The summed E-state index contributed by atoms with van der Waals surface area (Å²) in [4.78, 5) is 26.4. The Hall–Kier alpha value is -3.06. The normalized spacial score (nSPS) is 27.7. The quantitative estimate of drug-likeness (QED) is 0.448. The summed E-state index contributed by atoms with van der Waals surface area (Å²) in [6, 6.07) is 2.13. The van der Waals surface area contributed by atoms with Gasteiger partial charge in [0.2, 0.25) is 0 Å². The number of aryl methyl sites for hydroxylation is 1. The van der Waals surface area contributed by atoms with Crippen LogP contribution < -0.4 is 5.73 Å². The third-order valence-electron chi connectivity index (χ3n) is 7.66. The summed E-state index contributed by atoms with van der Waals surface area (Å²) in [5.74, 6) is 0.0129. The smallest absolute Gasteiger partial charge is 0.255 e. The predicted octanol–water partition coefficient (Wildman–Crippen LogP) is 0.118. The largest absolute Gasteiger partial charge is 0.387 e. The van der Waals surface area contributed by atoms with Crippen LogP contribution in [0.25, 0.3) is 22.3 Å². The van der Waals surface area contributed by atoms with Crippen LogP contribution in [-0.2, 0) is 16.6 Å². The number of likely N-dealkylation sites (tertiary alicyclic amines) is 1. The monoisotopic (exact) mass is 496 g/mol. The summed E-state index contributed by atoms with van der Waals surface area (Å²) >= 11 is 0. The Morgan fingerprint density at radius 2 is 1.83 bits per heavy atom. The van der Waals surface area contributed by atoms with Crippen LogP contribution in [0.2, 0.25) is 0 Å². The molecule has 0 radical (unpaired) electrons. The minimum Gasteiger partial charge on any atom is -0.387 e. The zero-order valence-electron chi connectivity index (χ0n) is 20.4. The summed E-state index contributed by atoms with van der Waals surface area (Å²) in [5.41, 5.74) is 7.97. The van der Waals surface area contributed by atoms with Crippen LogP contribution in [0, 0.1) is 0 Å². The first-order valence-corrected chi connectivity index (χ1v) is 12.5. The van der Waals surface area contributed by atoms with E-state index in [1.165, 1.54) is 6.33 Å². The highest BCUT2D eigenvalue weighted by Gasteiger charge is 2.51. The third-order valence-corrected chi connectivity index (χ3v) is 7.66. The molecule has 3 fully saturated rings.